The lowest BCUT2D eigenvalue weighted by Gasteiger charge is -2.36. The molecule has 0 aromatic carbocycles. The molecule has 1 aliphatic rings. The van der Waals surface area contributed by atoms with E-state index in [0.717, 1.165) is 19.4 Å². The third-order valence-corrected chi connectivity index (χ3v) is 2.85. The van der Waals surface area contributed by atoms with Crippen molar-refractivity contribution in [2.75, 3.05) is 19.6 Å². The van der Waals surface area contributed by atoms with Crippen LogP contribution in [0.1, 0.15) is 19.8 Å². The number of hydrogen-bond acceptors (Lipinski definition) is 2. The highest BCUT2D eigenvalue weighted by Crippen LogP contribution is 2.21. The third kappa shape index (κ3) is 3.86. The molecule has 0 aromatic heterocycles. The van der Waals surface area contributed by atoms with Gasteiger partial charge in [-0.15, -0.1) is 0 Å². The van der Waals surface area contributed by atoms with Crippen LogP contribution in [0.2, 0.25) is 0 Å². The number of β-amino-alcohol motifs (C(OH)–C–C–N with tert-alkyl or cyclic N) is 1. The van der Waals surface area contributed by atoms with Crippen LogP contribution in [0.15, 0.2) is 10.6 Å². The highest BCUT2D eigenvalue weighted by Gasteiger charge is 2.28. The van der Waals surface area contributed by atoms with E-state index >= 15 is 0 Å². The van der Waals surface area contributed by atoms with Crippen molar-refractivity contribution < 1.29 is 5.11 Å². The normalized spacial score (nSPS) is 32.2. The zero-order chi connectivity index (χ0) is 9.90. The standard InChI is InChI=1S/C9H15Cl2NO/c1-9(13)3-2-4-12(7-9)6-8(11)5-10/h5,13H,2-4,6-7H2,1H3/b8-5-. The fourth-order valence-electron chi connectivity index (χ4n) is 1.71. The summed E-state index contributed by atoms with van der Waals surface area (Å²) in [5, 5.41) is 10.4. The third-order valence-electron chi connectivity index (χ3n) is 2.25. The van der Waals surface area contributed by atoms with E-state index in [4.69, 9.17) is 23.2 Å². The Balaban J connectivity index is 2.43. The van der Waals surface area contributed by atoms with Gasteiger partial charge < -0.3 is 5.11 Å². The summed E-state index contributed by atoms with van der Waals surface area (Å²) in [5.41, 5.74) is 0.812. The van der Waals surface area contributed by atoms with Gasteiger partial charge in [-0.3, -0.25) is 4.90 Å². The van der Waals surface area contributed by atoms with Crippen LogP contribution in [0.3, 0.4) is 0 Å². The van der Waals surface area contributed by atoms with Crippen LogP contribution in [0.25, 0.3) is 0 Å². The first-order chi connectivity index (χ1) is 6.03. The predicted molar refractivity (Wildman–Crippen MR) is 56.1 cm³/mol. The van der Waals surface area contributed by atoms with Crippen LogP contribution in [0.4, 0.5) is 0 Å². The summed E-state index contributed by atoms with van der Waals surface area (Å²) in [4.78, 5) is 2.12. The topological polar surface area (TPSA) is 23.5 Å². The smallest absolute Gasteiger partial charge is 0.0746 e. The van der Waals surface area contributed by atoms with Gasteiger partial charge in [-0.05, 0) is 26.3 Å². The molecule has 13 heavy (non-hydrogen) atoms. The van der Waals surface area contributed by atoms with Gasteiger partial charge in [0.15, 0.2) is 0 Å². The molecule has 1 fully saturated rings. The van der Waals surface area contributed by atoms with Gasteiger partial charge in [-0.25, -0.2) is 0 Å². The van der Waals surface area contributed by atoms with E-state index in [1.165, 1.54) is 5.54 Å². The molecule has 2 nitrogen and oxygen atoms in total. The minimum atomic E-state index is -0.568. The van der Waals surface area contributed by atoms with E-state index in [-0.39, 0.29) is 0 Å². The number of nitrogens with zero attached hydrogens (tertiary/aromatic N) is 1. The Morgan fingerprint density at radius 1 is 1.69 bits per heavy atom. The quantitative estimate of drug-likeness (QED) is 0.776. The van der Waals surface area contributed by atoms with E-state index in [9.17, 15) is 5.11 Å². The molecule has 1 heterocycles. The molecule has 0 spiro atoms. The summed E-state index contributed by atoms with van der Waals surface area (Å²) in [6.07, 6.45) is 1.88. The Kier molecular flexibility index (Phi) is 4.05. The van der Waals surface area contributed by atoms with Crippen molar-refractivity contribution in [1.82, 2.24) is 4.90 Å². The fourth-order valence-corrected chi connectivity index (χ4v) is 1.94. The number of likely N-dealkylation sites (tertiary alicyclic amines) is 1. The van der Waals surface area contributed by atoms with Crippen molar-refractivity contribution in [3.8, 4) is 0 Å². The Hall–Kier alpha value is 0.240. The first kappa shape index (κ1) is 11.3. The highest BCUT2D eigenvalue weighted by molar-refractivity contribution is 6.36. The van der Waals surface area contributed by atoms with Gasteiger partial charge >= 0.3 is 0 Å². The molecule has 76 valence electrons. The molecule has 4 heteroatoms. The van der Waals surface area contributed by atoms with Crippen LogP contribution >= 0.6 is 23.2 Å². The van der Waals surface area contributed by atoms with Crippen LogP contribution in [0, 0.1) is 0 Å². The average Bonchev–Trinajstić information content (AvgIpc) is 2.02. The van der Waals surface area contributed by atoms with E-state index in [2.05, 4.69) is 4.90 Å². The van der Waals surface area contributed by atoms with Crippen molar-refractivity contribution in [2.24, 2.45) is 0 Å². The Bertz CT molecular complexity index is 204. The van der Waals surface area contributed by atoms with Crippen molar-refractivity contribution in [2.45, 2.75) is 25.4 Å². The molecule has 0 amide bonds. The zero-order valence-electron chi connectivity index (χ0n) is 7.76. The average molecular weight is 224 g/mol. The highest BCUT2D eigenvalue weighted by atomic mass is 35.5. The summed E-state index contributed by atoms with van der Waals surface area (Å²) in [7, 11) is 0. The van der Waals surface area contributed by atoms with Crippen molar-refractivity contribution in [1.29, 1.82) is 0 Å². The number of hydrogen-bond donors (Lipinski definition) is 1. The SMILES string of the molecule is CC1(O)CCCN(C/C(Cl)=C/Cl)C1. The molecule has 0 aliphatic carbocycles. The second-order valence-electron chi connectivity index (χ2n) is 3.87. The molecule has 1 aliphatic heterocycles. The maximum atomic E-state index is 9.79. The van der Waals surface area contributed by atoms with Crippen LogP contribution in [0.5, 0.6) is 0 Å². The monoisotopic (exact) mass is 223 g/mol. The first-order valence-electron chi connectivity index (χ1n) is 4.43. The van der Waals surface area contributed by atoms with E-state index in [0.29, 0.717) is 18.1 Å². The largest absolute Gasteiger partial charge is 0.389 e. The lowest BCUT2D eigenvalue weighted by Crippen LogP contribution is -2.46. The second kappa shape index (κ2) is 4.65. The minimum Gasteiger partial charge on any atom is -0.389 e. The van der Waals surface area contributed by atoms with Gasteiger partial charge in [0, 0.05) is 23.7 Å². The minimum absolute atomic E-state index is 0.568. The van der Waals surface area contributed by atoms with Gasteiger partial charge in [-0.1, -0.05) is 23.2 Å². The summed E-state index contributed by atoms with van der Waals surface area (Å²) < 4.78 is 0. The lowest BCUT2D eigenvalue weighted by molar-refractivity contribution is -0.0119. The molecule has 0 bridgehead atoms. The lowest BCUT2D eigenvalue weighted by atomic mass is 9.95. The molecule has 1 atom stereocenters. The van der Waals surface area contributed by atoms with E-state index in [1.54, 1.807) is 0 Å². The molecule has 0 aromatic rings. The molecule has 0 radical (unpaired) electrons. The van der Waals surface area contributed by atoms with E-state index in [1.807, 2.05) is 6.92 Å². The second-order valence-corrected chi connectivity index (χ2v) is 4.57. The number of halogens is 2. The maximum absolute atomic E-state index is 9.79. The van der Waals surface area contributed by atoms with Crippen LogP contribution < -0.4 is 0 Å². The zero-order valence-corrected chi connectivity index (χ0v) is 9.28. The molecular weight excluding hydrogens is 209 g/mol. The Morgan fingerprint density at radius 2 is 2.38 bits per heavy atom. The van der Waals surface area contributed by atoms with Crippen molar-refractivity contribution >= 4 is 23.2 Å². The van der Waals surface area contributed by atoms with Gasteiger partial charge in [0.2, 0.25) is 0 Å². The van der Waals surface area contributed by atoms with E-state index < -0.39 is 5.60 Å². The molecule has 0 saturated carbocycles. The van der Waals surface area contributed by atoms with Gasteiger partial charge in [-0.2, -0.15) is 0 Å². The van der Waals surface area contributed by atoms with Crippen LogP contribution in [-0.2, 0) is 0 Å². The summed E-state index contributed by atoms with van der Waals surface area (Å²) in [5.74, 6) is 0. The number of rotatable bonds is 2. The Labute approximate surface area is 89.1 Å². The molecule has 1 unspecified atom stereocenters. The summed E-state index contributed by atoms with van der Waals surface area (Å²) in [6, 6.07) is 0. The van der Waals surface area contributed by atoms with Crippen LogP contribution in [-0.4, -0.2) is 35.2 Å². The molecule has 1 saturated heterocycles. The van der Waals surface area contributed by atoms with Crippen molar-refractivity contribution in [3.63, 3.8) is 0 Å². The van der Waals surface area contributed by atoms with Gasteiger partial charge in [0.25, 0.3) is 0 Å². The summed E-state index contributed by atoms with van der Waals surface area (Å²) >= 11 is 11.3. The Morgan fingerprint density at radius 3 is 2.92 bits per heavy atom. The number of piperidine rings is 1. The van der Waals surface area contributed by atoms with Gasteiger partial charge in [0.05, 0.1) is 5.60 Å². The fraction of sp³-hybridized carbons (Fsp3) is 0.778. The number of aliphatic hydroxyl groups is 1. The predicted octanol–water partition coefficient (Wildman–Crippen LogP) is 2.15. The maximum Gasteiger partial charge on any atom is 0.0746 e. The first-order valence-corrected chi connectivity index (χ1v) is 5.24. The van der Waals surface area contributed by atoms with Gasteiger partial charge in [0.1, 0.15) is 0 Å². The molecule has 1 N–H and O–H groups in total. The summed E-state index contributed by atoms with van der Waals surface area (Å²) in [6.45, 7) is 4.16. The molecule has 1 rings (SSSR count). The molecular formula is C9H15Cl2NO. The van der Waals surface area contributed by atoms with Crippen molar-refractivity contribution in [3.05, 3.63) is 10.6 Å².